The second kappa shape index (κ2) is 6.42. The zero-order valence-electron chi connectivity index (χ0n) is 6.37. The molecule has 3 nitrogen and oxygen atoms in total. The molecule has 11 heavy (non-hydrogen) atoms. The lowest BCUT2D eigenvalue weighted by Crippen LogP contribution is -1.84. The summed E-state index contributed by atoms with van der Waals surface area (Å²) in [6, 6.07) is 1.83. The highest BCUT2D eigenvalue weighted by molar-refractivity contribution is 7.76. The number of nitrogens with zero attached hydrogens (tertiary/aromatic N) is 1. The summed E-state index contributed by atoms with van der Waals surface area (Å²) in [6.45, 7) is 3.99. The van der Waals surface area contributed by atoms with E-state index < -0.39 is 7.73 Å². The van der Waals surface area contributed by atoms with Gasteiger partial charge in [-0.3, -0.25) is 0 Å². The molecular weight excluding hydrogens is 184 g/mol. The van der Waals surface area contributed by atoms with E-state index in [1.165, 1.54) is 6.08 Å². The number of halogens is 1. The Hall–Kier alpha value is -0.290. The lowest BCUT2D eigenvalue weighted by Gasteiger charge is -2.07. The number of hydrogen-bond donors (Lipinski definition) is 0. The summed E-state index contributed by atoms with van der Waals surface area (Å²) >= 11 is 5.56. The molecule has 0 N–H and O–H groups in total. The van der Waals surface area contributed by atoms with Gasteiger partial charge in [-0.2, -0.15) is 5.26 Å². The van der Waals surface area contributed by atoms with E-state index in [1.54, 1.807) is 6.92 Å². The van der Waals surface area contributed by atoms with Crippen molar-refractivity contribution in [3.63, 3.8) is 0 Å². The molecular formula is C6H9ClNO2P. The highest BCUT2D eigenvalue weighted by atomic mass is 35.7. The van der Waals surface area contributed by atoms with Gasteiger partial charge in [0.1, 0.15) is 6.07 Å². The van der Waals surface area contributed by atoms with Gasteiger partial charge in [-0.1, -0.05) is 0 Å². The first-order valence-corrected chi connectivity index (χ1v) is 5.16. The molecule has 1 unspecified atom stereocenters. The molecule has 0 aromatic rings. The van der Waals surface area contributed by atoms with Crippen LogP contribution >= 0.6 is 19.0 Å². The molecule has 0 heterocycles. The molecule has 5 heteroatoms. The standard InChI is InChI=1S/C6H9ClNO2P/c1-3-6(5-8)10-11(7)9-4-2/h3H,4H2,1-2H3/b6-3+. The van der Waals surface area contributed by atoms with Crippen LogP contribution in [0.4, 0.5) is 0 Å². The highest BCUT2D eigenvalue weighted by Gasteiger charge is 2.07. The van der Waals surface area contributed by atoms with Crippen LogP contribution < -0.4 is 0 Å². The minimum Gasteiger partial charge on any atom is -0.425 e. The fourth-order valence-electron chi connectivity index (χ4n) is 0.343. The average molecular weight is 194 g/mol. The van der Waals surface area contributed by atoms with Gasteiger partial charge in [-0.25, -0.2) is 0 Å². The molecule has 0 radical (unpaired) electrons. The third kappa shape index (κ3) is 5.03. The third-order valence-electron chi connectivity index (χ3n) is 0.773. The van der Waals surface area contributed by atoms with Crippen molar-refractivity contribution < 1.29 is 9.05 Å². The molecule has 1 atom stereocenters. The predicted octanol–water partition coefficient (Wildman–Crippen LogP) is 2.93. The molecule has 0 aromatic heterocycles. The molecule has 0 bridgehead atoms. The molecule has 0 aliphatic carbocycles. The lowest BCUT2D eigenvalue weighted by molar-refractivity contribution is 0.322. The second-order valence-electron chi connectivity index (χ2n) is 1.49. The second-order valence-corrected chi connectivity index (χ2v) is 3.18. The summed E-state index contributed by atoms with van der Waals surface area (Å²) in [6.07, 6.45) is 1.54. The van der Waals surface area contributed by atoms with Crippen LogP contribution in [0.3, 0.4) is 0 Å². The number of rotatable bonds is 4. The monoisotopic (exact) mass is 193 g/mol. The Balaban J connectivity index is 3.75. The Kier molecular flexibility index (Phi) is 6.25. The van der Waals surface area contributed by atoms with Crippen molar-refractivity contribution in [2.45, 2.75) is 13.8 Å². The van der Waals surface area contributed by atoms with Gasteiger partial charge in [0.2, 0.25) is 0 Å². The van der Waals surface area contributed by atoms with Crippen LogP contribution in [-0.4, -0.2) is 6.61 Å². The van der Waals surface area contributed by atoms with Crippen molar-refractivity contribution in [2.24, 2.45) is 0 Å². The summed E-state index contributed by atoms with van der Waals surface area (Å²) in [5, 5.41) is 8.40. The topological polar surface area (TPSA) is 42.2 Å². The molecule has 0 saturated heterocycles. The molecule has 0 aliphatic heterocycles. The summed E-state index contributed by atoms with van der Waals surface area (Å²) in [5.41, 5.74) is 0. The third-order valence-corrected chi connectivity index (χ3v) is 2.07. The summed E-state index contributed by atoms with van der Waals surface area (Å²) < 4.78 is 9.79. The van der Waals surface area contributed by atoms with Gasteiger partial charge in [0, 0.05) is 0 Å². The van der Waals surface area contributed by atoms with Crippen molar-refractivity contribution in [1.82, 2.24) is 0 Å². The smallest absolute Gasteiger partial charge is 0.339 e. The van der Waals surface area contributed by atoms with E-state index in [1.807, 2.05) is 13.0 Å². The summed E-state index contributed by atoms with van der Waals surface area (Å²) in [5.74, 6) is 0.194. The summed E-state index contributed by atoms with van der Waals surface area (Å²) in [7, 11) is -1.45. The van der Waals surface area contributed by atoms with Gasteiger partial charge in [0.05, 0.1) is 6.61 Å². The van der Waals surface area contributed by atoms with E-state index in [0.29, 0.717) is 6.61 Å². The van der Waals surface area contributed by atoms with Crippen molar-refractivity contribution in [1.29, 1.82) is 5.26 Å². The molecule has 0 aromatic carbocycles. The zero-order chi connectivity index (χ0) is 8.69. The number of allylic oxidation sites excluding steroid dienone is 2. The van der Waals surface area contributed by atoms with Crippen LogP contribution in [0.25, 0.3) is 0 Å². The van der Waals surface area contributed by atoms with Gasteiger partial charge in [0.25, 0.3) is 0 Å². The van der Waals surface area contributed by atoms with E-state index in [4.69, 9.17) is 25.6 Å². The van der Waals surface area contributed by atoms with Gasteiger partial charge >= 0.3 is 7.73 Å². The van der Waals surface area contributed by atoms with Crippen LogP contribution in [0.15, 0.2) is 11.8 Å². The van der Waals surface area contributed by atoms with E-state index in [9.17, 15) is 0 Å². The number of nitriles is 1. The Morgan fingerprint density at radius 2 is 2.45 bits per heavy atom. The predicted molar refractivity (Wildman–Crippen MR) is 44.9 cm³/mol. The largest absolute Gasteiger partial charge is 0.425 e. The van der Waals surface area contributed by atoms with E-state index in [2.05, 4.69) is 0 Å². The molecule has 0 rings (SSSR count). The van der Waals surface area contributed by atoms with Crippen LogP contribution in [0.2, 0.25) is 0 Å². The first-order valence-electron chi connectivity index (χ1n) is 3.07. The first kappa shape index (κ1) is 10.7. The fraction of sp³-hybridized carbons (Fsp3) is 0.500. The molecule has 0 saturated carbocycles. The van der Waals surface area contributed by atoms with Crippen molar-refractivity contribution in [2.75, 3.05) is 6.61 Å². The fourth-order valence-corrected chi connectivity index (χ4v) is 1.42. The van der Waals surface area contributed by atoms with Crippen molar-refractivity contribution in [3.05, 3.63) is 11.8 Å². The van der Waals surface area contributed by atoms with Gasteiger partial charge < -0.3 is 9.05 Å². The first-order chi connectivity index (χ1) is 5.24. The zero-order valence-corrected chi connectivity index (χ0v) is 8.02. The minimum atomic E-state index is -1.45. The Morgan fingerprint density at radius 3 is 2.82 bits per heavy atom. The van der Waals surface area contributed by atoms with Crippen molar-refractivity contribution in [3.8, 4) is 6.07 Å². The lowest BCUT2D eigenvalue weighted by atomic mass is 10.5. The molecule has 0 aliphatic rings. The van der Waals surface area contributed by atoms with Gasteiger partial charge in [0.15, 0.2) is 5.76 Å². The minimum absolute atomic E-state index is 0.194. The Labute approximate surface area is 72.3 Å². The average Bonchev–Trinajstić information content (AvgIpc) is 2.01. The maximum atomic E-state index is 8.40. The summed E-state index contributed by atoms with van der Waals surface area (Å²) in [4.78, 5) is 0. The van der Waals surface area contributed by atoms with Crippen LogP contribution in [0, 0.1) is 11.3 Å². The normalized spacial score (nSPS) is 13.8. The SMILES string of the molecule is C/C=C(\C#N)OP(Cl)OCC. The van der Waals surface area contributed by atoms with E-state index in [0.717, 1.165) is 0 Å². The molecule has 62 valence electrons. The van der Waals surface area contributed by atoms with Crippen LogP contribution in [-0.2, 0) is 9.05 Å². The molecule has 0 amide bonds. The molecule has 0 fully saturated rings. The van der Waals surface area contributed by atoms with E-state index in [-0.39, 0.29) is 5.76 Å². The van der Waals surface area contributed by atoms with E-state index >= 15 is 0 Å². The van der Waals surface area contributed by atoms with Crippen molar-refractivity contribution >= 4 is 19.0 Å². The Bertz CT molecular complexity index is 178. The van der Waals surface area contributed by atoms with Gasteiger partial charge in [-0.15, -0.1) is 0 Å². The maximum absolute atomic E-state index is 8.40. The molecule has 0 spiro atoms. The highest BCUT2D eigenvalue weighted by Crippen LogP contribution is 2.45. The Morgan fingerprint density at radius 1 is 1.82 bits per heavy atom. The van der Waals surface area contributed by atoms with Crippen LogP contribution in [0.5, 0.6) is 0 Å². The van der Waals surface area contributed by atoms with Gasteiger partial charge in [-0.05, 0) is 31.2 Å². The maximum Gasteiger partial charge on any atom is 0.339 e. The quantitative estimate of drug-likeness (QED) is 0.392. The number of hydrogen-bond acceptors (Lipinski definition) is 3. The van der Waals surface area contributed by atoms with Crippen LogP contribution in [0.1, 0.15) is 13.8 Å².